The van der Waals surface area contributed by atoms with Crippen LogP contribution in [0.3, 0.4) is 0 Å². The summed E-state index contributed by atoms with van der Waals surface area (Å²) in [6, 6.07) is 26.0. The molecular weight excluding hydrogens is 622 g/mol. The van der Waals surface area contributed by atoms with E-state index >= 15 is 4.39 Å². The quantitative estimate of drug-likeness (QED) is 0.182. The lowest BCUT2D eigenvalue weighted by atomic mass is 10.1. The van der Waals surface area contributed by atoms with E-state index in [9.17, 15) is 9.59 Å². The molecule has 1 aliphatic heterocycles. The van der Waals surface area contributed by atoms with Gasteiger partial charge in [0.15, 0.2) is 16.7 Å². The van der Waals surface area contributed by atoms with E-state index < -0.39 is 5.82 Å². The van der Waals surface area contributed by atoms with Crippen molar-refractivity contribution in [1.82, 2.24) is 20.1 Å². The average molecular weight is 654 g/mol. The third-order valence-electron chi connectivity index (χ3n) is 7.71. The molecule has 0 unspecified atom stereocenters. The van der Waals surface area contributed by atoms with Gasteiger partial charge in [-0.15, -0.1) is 11.3 Å². The molecule has 1 aliphatic rings. The highest BCUT2D eigenvalue weighted by Crippen LogP contribution is 2.40. The number of anilines is 1. The summed E-state index contributed by atoms with van der Waals surface area (Å²) in [4.78, 5) is 33.7. The van der Waals surface area contributed by atoms with E-state index in [1.54, 1.807) is 25.3 Å². The largest absolute Gasteiger partial charge is 0.453 e. The molecule has 0 saturated carbocycles. The molecule has 0 radical (unpaired) electrons. The number of ether oxygens (including phenoxy) is 1. The van der Waals surface area contributed by atoms with Gasteiger partial charge < -0.3 is 20.3 Å². The number of halogens is 1. The third kappa shape index (κ3) is 7.74. The van der Waals surface area contributed by atoms with Gasteiger partial charge in [0.05, 0.1) is 16.6 Å². The second-order valence-corrected chi connectivity index (χ2v) is 12.5. The number of thiocarbonyl (C=S) groups is 1. The Morgan fingerprint density at radius 2 is 1.70 bits per heavy atom. The second kappa shape index (κ2) is 14.2. The minimum absolute atomic E-state index is 0.0560. The molecule has 0 aliphatic carbocycles. The Kier molecular flexibility index (Phi) is 9.62. The van der Waals surface area contributed by atoms with Crippen LogP contribution in [-0.2, 0) is 22.6 Å². The van der Waals surface area contributed by atoms with Crippen molar-refractivity contribution >= 4 is 56.4 Å². The van der Waals surface area contributed by atoms with Gasteiger partial charge >= 0.3 is 0 Å². The number of rotatable bonds is 8. The van der Waals surface area contributed by atoms with Crippen LogP contribution in [0.5, 0.6) is 11.5 Å². The standard InChI is InChI=1S/C35H32FN5O3S2/c1-23(42)41-17-15-40(16-18-41)22-25-7-9-26(10-8-25)32-21-29-34(46-32)31(13-14-37-29)44-30-12-11-27(20-28(30)36)38-35(45)39-33(43)19-24-5-3-2-4-6-24/h2-14,20-21H,15-19,22H2,1H3,(H2,38,39,43,45). The lowest BCUT2D eigenvalue weighted by Gasteiger charge is -2.34. The molecule has 2 N–H and O–H groups in total. The average Bonchev–Trinajstić information content (AvgIpc) is 3.49. The summed E-state index contributed by atoms with van der Waals surface area (Å²) in [5.41, 5.74) is 4.29. The molecule has 2 aromatic heterocycles. The van der Waals surface area contributed by atoms with Gasteiger partial charge in [0.2, 0.25) is 11.8 Å². The zero-order valence-electron chi connectivity index (χ0n) is 25.2. The number of pyridine rings is 1. The molecule has 3 aromatic carbocycles. The highest BCUT2D eigenvalue weighted by atomic mass is 32.1. The van der Waals surface area contributed by atoms with Gasteiger partial charge in [0.25, 0.3) is 0 Å². The van der Waals surface area contributed by atoms with Gasteiger partial charge in [0, 0.05) is 68.5 Å². The van der Waals surface area contributed by atoms with Crippen LogP contribution in [-0.4, -0.2) is 57.9 Å². The van der Waals surface area contributed by atoms with Crippen molar-refractivity contribution in [2.45, 2.75) is 19.9 Å². The number of carbonyl (C=O) groups is 2. The SMILES string of the molecule is CC(=O)N1CCN(Cc2ccc(-c3cc4nccc(Oc5ccc(NC(=S)NC(=O)Cc6ccccc6)cc5F)c4s3)cc2)CC1. The Morgan fingerprint density at radius 1 is 0.935 bits per heavy atom. The van der Waals surface area contributed by atoms with Crippen LogP contribution < -0.4 is 15.4 Å². The molecule has 0 spiro atoms. The van der Waals surface area contributed by atoms with Gasteiger partial charge in [-0.3, -0.25) is 19.5 Å². The number of nitrogens with zero attached hydrogens (tertiary/aromatic N) is 3. The molecule has 46 heavy (non-hydrogen) atoms. The van der Waals surface area contributed by atoms with E-state index in [-0.39, 0.29) is 29.1 Å². The number of hydrogen-bond acceptors (Lipinski definition) is 7. The summed E-state index contributed by atoms with van der Waals surface area (Å²) in [7, 11) is 0. The molecule has 3 heterocycles. The molecule has 6 rings (SSSR count). The Morgan fingerprint density at radius 3 is 2.41 bits per heavy atom. The van der Waals surface area contributed by atoms with E-state index in [1.807, 2.05) is 41.3 Å². The predicted octanol–water partition coefficient (Wildman–Crippen LogP) is 6.61. The highest BCUT2D eigenvalue weighted by molar-refractivity contribution is 7.80. The summed E-state index contributed by atoms with van der Waals surface area (Å²) in [6.07, 6.45) is 1.83. The third-order valence-corrected chi connectivity index (χ3v) is 9.10. The monoisotopic (exact) mass is 653 g/mol. The van der Waals surface area contributed by atoms with Crippen LogP contribution in [0.2, 0.25) is 0 Å². The predicted molar refractivity (Wildman–Crippen MR) is 184 cm³/mol. The van der Waals surface area contributed by atoms with Crippen molar-refractivity contribution in [2.24, 2.45) is 0 Å². The van der Waals surface area contributed by atoms with Crippen LogP contribution in [0.1, 0.15) is 18.1 Å². The Bertz CT molecular complexity index is 1870. The van der Waals surface area contributed by atoms with Gasteiger partial charge in [0.1, 0.15) is 5.75 Å². The fourth-order valence-electron chi connectivity index (χ4n) is 5.29. The highest BCUT2D eigenvalue weighted by Gasteiger charge is 2.19. The summed E-state index contributed by atoms with van der Waals surface area (Å²) < 4.78 is 22.0. The second-order valence-electron chi connectivity index (χ2n) is 11.0. The van der Waals surface area contributed by atoms with Crippen molar-refractivity contribution in [3.05, 3.63) is 108 Å². The summed E-state index contributed by atoms with van der Waals surface area (Å²) in [6.45, 7) is 5.73. The van der Waals surface area contributed by atoms with Crippen LogP contribution in [0.25, 0.3) is 20.7 Å². The van der Waals surface area contributed by atoms with Crippen molar-refractivity contribution in [2.75, 3.05) is 31.5 Å². The molecule has 234 valence electrons. The molecule has 2 amide bonds. The minimum Gasteiger partial charge on any atom is -0.453 e. The summed E-state index contributed by atoms with van der Waals surface area (Å²) >= 11 is 6.78. The first-order chi connectivity index (χ1) is 22.3. The van der Waals surface area contributed by atoms with Gasteiger partial charge in [-0.1, -0.05) is 54.6 Å². The number of piperazine rings is 1. The number of carbonyl (C=O) groups excluding carboxylic acids is 2. The van der Waals surface area contributed by atoms with E-state index in [2.05, 4.69) is 44.8 Å². The Labute approximate surface area is 275 Å². The van der Waals surface area contributed by atoms with Gasteiger partial charge in [-0.2, -0.15) is 0 Å². The minimum atomic E-state index is -0.580. The van der Waals surface area contributed by atoms with E-state index in [4.69, 9.17) is 17.0 Å². The zero-order chi connectivity index (χ0) is 32.0. The van der Waals surface area contributed by atoms with E-state index in [1.165, 1.54) is 29.0 Å². The molecule has 1 saturated heterocycles. The van der Waals surface area contributed by atoms with Crippen molar-refractivity contribution in [3.8, 4) is 21.9 Å². The van der Waals surface area contributed by atoms with Crippen LogP contribution >= 0.6 is 23.6 Å². The molecule has 0 bridgehead atoms. The van der Waals surface area contributed by atoms with E-state index in [0.717, 1.165) is 58.9 Å². The number of hydrogen-bond donors (Lipinski definition) is 2. The number of benzene rings is 3. The number of nitrogens with one attached hydrogen (secondary N) is 2. The van der Waals surface area contributed by atoms with Crippen LogP contribution in [0, 0.1) is 5.82 Å². The number of fused-ring (bicyclic) bond motifs is 1. The Balaban J connectivity index is 1.08. The van der Waals surface area contributed by atoms with Crippen LogP contribution in [0.4, 0.5) is 10.1 Å². The number of aromatic nitrogens is 1. The zero-order valence-corrected chi connectivity index (χ0v) is 26.8. The topological polar surface area (TPSA) is 86.8 Å². The molecule has 0 atom stereocenters. The molecule has 5 aromatic rings. The smallest absolute Gasteiger partial charge is 0.230 e. The summed E-state index contributed by atoms with van der Waals surface area (Å²) in [5, 5.41) is 5.55. The first kappa shape index (κ1) is 31.3. The van der Waals surface area contributed by atoms with Crippen LogP contribution in [0.15, 0.2) is 91.1 Å². The maximum Gasteiger partial charge on any atom is 0.230 e. The first-order valence-corrected chi connectivity index (χ1v) is 16.1. The summed E-state index contributed by atoms with van der Waals surface area (Å²) in [5.74, 6) is -0.151. The molecule has 11 heteroatoms. The lowest BCUT2D eigenvalue weighted by Crippen LogP contribution is -2.47. The van der Waals surface area contributed by atoms with Crippen molar-refractivity contribution < 1.29 is 18.7 Å². The fourth-order valence-corrected chi connectivity index (χ4v) is 6.59. The first-order valence-electron chi connectivity index (χ1n) is 14.9. The molecule has 1 fully saturated rings. The maximum absolute atomic E-state index is 15.1. The van der Waals surface area contributed by atoms with Crippen molar-refractivity contribution in [1.29, 1.82) is 0 Å². The van der Waals surface area contributed by atoms with E-state index in [0.29, 0.717) is 11.4 Å². The normalized spacial score (nSPS) is 13.4. The van der Waals surface area contributed by atoms with Gasteiger partial charge in [-0.05, 0) is 47.1 Å². The Hall–Kier alpha value is -4.71. The van der Waals surface area contributed by atoms with Crippen molar-refractivity contribution in [3.63, 3.8) is 0 Å². The molecule has 8 nitrogen and oxygen atoms in total. The fraction of sp³-hybridized carbons (Fsp3) is 0.200. The maximum atomic E-state index is 15.1. The van der Waals surface area contributed by atoms with Gasteiger partial charge in [-0.25, -0.2) is 4.39 Å². The number of amides is 2. The lowest BCUT2D eigenvalue weighted by molar-refractivity contribution is -0.130. The molecular formula is C35H32FN5O3S2. The number of thiophene rings is 1.